The Morgan fingerprint density at radius 3 is 0.929 bits per heavy atom. The maximum atomic E-state index is 12.5. The van der Waals surface area contributed by atoms with E-state index >= 15 is 0 Å². The molecule has 0 aliphatic heterocycles. The predicted octanol–water partition coefficient (Wildman–Crippen LogP) is 9.09. The van der Waals surface area contributed by atoms with Gasteiger partial charge in [0.15, 0.2) is 37.1 Å². The van der Waals surface area contributed by atoms with Crippen molar-refractivity contribution in [3.63, 3.8) is 0 Å². The Bertz CT molecular complexity index is 3120. The molecule has 0 spiro atoms. The Balaban J connectivity index is 0.000000677. The van der Waals surface area contributed by atoms with Crippen molar-refractivity contribution in [2.75, 3.05) is 147 Å². The van der Waals surface area contributed by atoms with Gasteiger partial charge in [-0.3, -0.25) is 24.0 Å². The summed E-state index contributed by atoms with van der Waals surface area (Å²) in [5.74, 6) is -1.72. The lowest BCUT2D eigenvalue weighted by Gasteiger charge is -2.15. The zero-order valence-electron chi connectivity index (χ0n) is 55.5. The molecule has 0 fully saturated rings. The fourth-order valence-electron chi connectivity index (χ4n) is 8.20. The van der Waals surface area contributed by atoms with Crippen molar-refractivity contribution in [1.82, 2.24) is 10.6 Å². The van der Waals surface area contributed by atoms with E-state index in [2.05, 4.69) is 10.6 Å². The van der Waals surface area contributed by atoms with Crippen LogP contribution >= 0.6 is 0 Å². The van der Waals surface area contributed by atoms with Crippen molar-refractivity contribution in [1.29, 1.82) is 0 Å². The molecular weight excluding hydrogens is 1270 g/mol. The number of benzene rings is 3. The van der Waals surface area contributed by atoms with Crippen LogP contribution < -0.4 is 22.1 Å². The average molecular weight is 1370 g/mol. The molecule has 3 aliphatic carbocycles. The van der Waals surface area contributed by atoms with E-state index in [9.17, 15) is 28.8 Å². The van der Waals surface area contributed by atoms with Gasteiger partial charge in [0.25, 0.3) is 11.8 Å². The van der Waals surface area contributed by atoms with Gasteiger partial charge in [-0.15, -0.1) is 0 Å². The molecule has 3 aliphatic rings. The molecule has 0 radical (unpaired) electrons. The largest absolute Gasteiger partial charge is 0.496 e. The first-order valence-electron chi connectivity index (χ1n) is 31.7. The third-order valence-corrected chi connectivity index (χ3v) is 13.1. The number of carbonyl (C=O) groups is 6. The minimum absolute atomic E-state index is 0. The molecule has 0 saturated heterocycles. The fraction of sp³-hybridized carbons (Fsp3) is 0.368. The first-order chi connectivity index (χ1) is 47.4. The summed E-state index contributed by atoms with van der Waals surface area (Å²) in [5.41, 5.74) is 15.6. The molecule has 3 aromatic carbocycles. The van der Waals surface area contributed by atoms with Crippen molar-refractivity contribution in [3.8, 4) is 0 Å². The van der Waals surface area contributed by atoms with Gasteiger partial charge in [-0.2, -0.15) is 0 Å². The number of carboxylic acid groups (broad SMARTS) is 1. The van der Waals surface area contributed by atoms with Crippen LogP contribution in [0.5, 0.6) is 0 Å². The topological polar surface area (TPSA) is 310 Å². The van der Waals surface area contributed by atoms with Gasteiger partial charge in [-0.1, -0.05) is 161 Å². The number of carbonyl (C=O) groups excluding carboxylic acids is 5. The van der Waals surface area contributed by atoms with E-state index in [0.717, 1.165) is 29.5 Å². The van der Waals surface area contributed by atoms with E-state index in [1.54, 1.807) is 18.2 Å². The zero-order valence-corrected chi connectivity index (χ0v) is 55.5. The number of nitrogens with two attached hydrogens (primary N) is 2. The number of rotatable bonds is 44. The van der Waals surface area contributed by atoms with Gasteiger partial charge in [0.05, 0.1) is 74.2 Å². The van der Waals surface area contributed by atoms with E-state index in [1.807, 2.05) is 140 Å². The second-order valence-electron chi connectivity index (χ2n) is 20.6. The van der Waals surface area contributed by atoms with Crippen LogP contribution in [-0.2, 0) is 85.6 Å². The number of hydrogen-bond acceptors (Lipinski definition) is 20. The zero-order chi connectivity index (χ0) is 69.8. The molecule has 23 nitrogen and oxygen atoms in total. The molecule has 0 aromatic heterocycles. The highest BCUT2D eigenvalue weighted by molar-refractivity contribution is 6.06. The first kappa shape index (κ1) is 85.5. The van der Waals surface area contributed by atoms with Crippen molar-refractivity contribution in [3.05, 3.63) is 232 Å². The third kappa shape index (κ3) is 38.2. The number of carboxylic acids is 1. The number of allylic oxidation sites excluding steroid dienone is 12. The normalized spacial score (nSPS) is 14.6. The smallest absolute Gasteiger partial charge is 0.341 e. The van der Waals surface area contributed by atoms with Gasteiger partial charge in [0.2, 0.25) is 17.3 Å². The number of aliphatic carboxylic acids is 1. The lowest BCUT2D eigenvalue weighted by Crippen LogP contribution is -2.30. The molecule has 7 N–H and O–H groups in total. The molecule has 23 heteroatoms. The Morgan fingerprint density at radius 2 is 0.657 bits per heavy atom. The van der Waals surface area contributed by atoms with Crippen LogP contribution in [0.2, 0.25) is 0 Å². The highest BCUT2D eigenvalue weighted by Gasteiger charge is 2.23. The second-order valence-corrected chi connectivity index (χ2v) is 20.6. The van der Waals surface area contributed by atoms with Crippen molar-refractivity contribution < 1.29 is 90.7 Å². The summed E-state index contributed by atoms with van der Waals surface area (Å²) in [6, 6.07) is 29.3. The van der Waals surface area contributed by atoms with Gasteiger partial charge < -0.3 is 84.0 Å². The van der Waals surface area contributed by atoms with Crippen LogP contribution in [0.25, 0.3) is 18.2 Å². The van der Waals surface area contributed by atoms with Gasteiger partial charge in [-0.25, -0.2) is 4.79 Å². The van der Waals surface area contributed by atoms with E-state index in [0.29, 0.717) is 152 Å². The number of methoxy groups -OCH3 is 3. The van der Waals surface area contributed by atoms with Crippen LogP contribution in [0.4, 0.5) is 0 Å². The molecule has 3 aromatic rings. The van der Waals surface area contributed by atoms with Gasteiger partial charge >= 0.3 is 5.97 Å². The Kier molecular flexibility index (Phi) is 47.0. The molecule has 99 heavy (non-hydrogen) atoms. The maximum absolute atomic E-state index is 12.5. The minimum atomic E-state index is -1.14. The molecule has 0 atom stereocenters. The predicted molar refractivity (Wildman–Crippen MR) is 382 cm³/mol. The van der Waals surface area contributed by atoms with Crippen LogP contribution in [0.3, 0.4) is 0 Å². The van der Waals surface area contributed by atoms with Gasteiger partial charge in [0.1, 0.15) is 17.3 Å². The number of ether oxygens (including phenoxy) is 12. The Morgan fingerprint density at radius 1 is 0.384 bits per heavy atom. The third-order valence-electron chi connectivity index (χ3n) is 13.1. The fourth-order valence-corrected chi connectivity index (χ4v) is 8.20. The van der Waals surface area contributed by atoms with Crippen LogP contribution in [0, 0.1) is 0 Å². The quantitative estimate of drug-likeness (QED) is 0.0330. The number of hydrogen-bond donors (Lipinski definition) is 5. The maximum Gasteiger partial charge on any atom is 0.341 e. The lowest BCUT2D eigenvalue weighted by atomic mass is 10.0. The van der Waals surface area contributed by atoms with Crippen LogP contribution in [-0.4, -0.2) is 187 Å². The van der Waals surface area contributed by atoms with Crippen molar-refractivity contribution in [2.24, 2.45) is 11.5 Å². The number of ketones is 3. The molecule has 0 unspecified atom stereocenters. The van der Waals surface area contributed by atoms with Crippen molar-refractivity contribution in [2.45, 2.75) is 40.5 Å². The standard InChI is InChI=1S/C46H52N2O11.C18H16O5.C10H24N2O3.2CH4/c1-53-41-31-39(49)43(29-37(41)19-9-17-35-13-5-3-6-14-35)58-33-45(51)47-21-11-23-55-25-27-57-28-26-56-24-12-22-48-46(52)34-59-44-30-38(42(54-2)32-40(44)50)20-10-18-36-15-7-4-8-16-36;1-22-16-11-15(19)17(23-12-18(20)21)10-14(16)9-5-8-13-6-3-2-4-7-13;11-3-1-5-13-7-9-15-10-8-14-6-2-4-12;;/h3-10,13-20,29-32H,11-12,21-28,33-34H2,1-2H3,(H,47,51)(H,48,52);2-11H,12H2,1H3,(H,20,21);1-12H2;2*1H4/b17-9+,18-10+,37-19-,38-20-;8-5+,14-9-;;;. The highest BCUT2D eigenvalue weighted by Crippen LogP contribution is 2.25. The minimum Gasteiger partial charge on any atom is -0.496 e. The summed E-state index contributed by atoms with van der Waals surface area (Å²) < 4.78 is 64.3. The van der Waals surface area contributed by atoms with E-state index in [4.69, 9.17) is 73.4 Å². The summed E-state index contributed by atoms with van der Waals surface area (Å²) in [4.78, 5) is 71.9. The number of nitrogens with one attached hydrogen (secondary N) is 2. The summed E-state index contributed by atoms with van der Waals surface area (Å²) in [5, 5.41) is 14.1. The highest BCUT2D eigenvalue weighted by atomic mass is 16.6. The molecule has 0 bridgehead atoms. The molecular formula is C76H100N4O19. The van der Waals surface area contributed by atoms with E-state index < -0.39 is 18.4 Å². The molecule has 538 valence electrons. The van der Waals surface area contributed by atoms with Gasteiger partial charge in [-0.05, 0) is 73.7 Å². The SMILES string of the molecule is C.C.COC1=CC(=O)C(OCC(=O)NCCCOCCOCCOCCCNC(=O)COC2=C/C(=C/C=C/c3ccccc3)C(OC)=CC2=O)=C/C1=C/C=C/c1ccccc1.COC1=CC(=O)C(OCC(=O)O)=C/C1=C/C=C/c1ccccc1.NCCCOCCOCCOCCCN. The van der Waals surface area contributed by atoms with Crippen molar-refractivity contribution >= 4 is 53.4 Å². The van der Waals surface area contributed by atoms with Gasteiger partial charge in [0, 0.05) is 74.5 Å². The lowest BCUT2D eigenvalue weighted by molar-refractivity contribution is -0.141. The van der Waals surface area contributed by atoms with E-state index in [1.165, 1.54) is 45.6 Å². The summed E-state index contributed by atoms with van der Waals surface area (Å²) >= 11 is 0. The summed E-state index contributed by atoms with van der Waals surface area (Å²) in [7, 11) is 4.44. The van der Waals surface area contributed by atoms with Crippen LogP contribution in [0.15, 0.2) is 215 Å². The number of amides is 2. The van der Waals surface area contributed by atoms with Crippen LogP contribution in [0.1, 0.15) is 57.2 Å². The first-order valence-corrected chi connectivity index (χ1v) is 31.7. The average Bonchev–Trinajstić information content (AvgIpc) is 0.863. The second kappa shape index (κ2) is 54.4. The Labute approximate surface area is 582 Å². The van der Waals surface area contributed by atoms with E-state index in [-0.39, 0.29) is 68.7 Å². The Hall–Kier alpha value is -9.56. The monoisotopic (exact) mass is 1370 g/mol. The summed E-state index contributed by atoms with van der Waals surface area (Å²) in [6.07, 6.45) is 28.2. The molecule has 6 rings (SSSR count). The summed E-state index contributed by atoms with van der Waals surface area (Å²) in [6.45, 7) is 7.31. The molecule has 0 saturated carbocycles. The molecule has 0 heterocycles. The molecule has 2 amide bonds.